The molecule has 1 aliphatic heterocycles. The molecule has 1 fully saturated rings. The van der Waals surface area contributed by atoms with Gasteiger partial charge in [0, 0.05) is 30.5 Å². The monoisotopic (exact) mass is 260 g/mol. The molecule has 2 atom stereocenters. The molecular weight excluding hydrogens is 232 g/mol. The Morgan fingerprint density at radius 1 is 1.47 bits per heavy atom. The minimum absolute atomic E-state index is 0.189. The van der Waals surface area contributed by atoms with Gasteiger partial charge in [-0.05, 0) is 32.1 Å². The summed E-state index contributed by atoms with van der Waals surface area (Å²) in [6, 6.07) is 0. The van der Waals surface area contributed by atoms with E-state index in [2.05, 4.69) is 30.5 Å². The van der Waals surface area contributed by atoms with Crippen LogP contribution in [0.5, 0.6) is 0 Å². The molecule has 0 aliphatic carbocycles. The van der Waals surface area contributed by atoms with Crippen molar-refractivity contribution in [2.45, 2.75) is 44.4 Å². The fourth-order valence-electron chi connectivity index (χ4n) is 2.82. The van der Waals surface area contributed by atoms with Gasteiger partial charge in [0.1, 0.15) is 0 Å². The van der Waals surface area contributed by atoms with E-state index in [0.29, 0.717) is 5.25 Å². The van der Waals surface area contributed by atoms with Crippen LogP contribution in [0.2, 0.25) is 0 Å². The Morgan fingerprint density at radius 3 is 2.76 bits per heavy atom. The standard InChI is InChI=1S/C13H28N2OS/c1-4-15(8-9-16-5-2)13(11-14)7-6-10-17-12(13)3/h12H,4-11,14H2,1-3H3. The Hall–Kier alpha value is 0.230. The van der Waals surface area contributed by atoms with Crippen LogP contribution in [-0.2, 0) is 4.74 Å². The molecule has 0 amide bonds. The van der Waals surface area contributed by atoms with Gasteiger partial charge in [-0.25, -0.2) is 0 Å². The van der Waals surface area contributed by atoms with Crippen molar-refractivity contribution in [3.8, 4) is 0 Å². The average molecular weight is 260 g/mol. The van der Waals surface area contributed by atoms with Crippen LogP contribution in [0.1, 0.15) is 33.6 Å². The minimum atomic E-state index is 0.189. The zero-order chi connectivity index (χ0) is 12.7. The van der Waals surface area contributed by atoms with E-state index in [-0.39, 0.29) is 5.54 Å². The second-order valence-corrected chi connectivity index (χ2v) is 6.15. The summed E-state index contributed by atoms with van der Waals surface area (Å²) in [4.78, 5) is 2.54. The molecule has 0 bridgehead atoms. The summed E-state index contributed by atoms with van der Waals surface area (Å²) in [5.41, 5.74) is 6.30. The number of hydrogen-bond acceptors (Lipinski definition) is 4. The fraction of sp³-hybridized carbons (Fsp3) is 1.00. The number of ether oxygens (including phenoxy) is 1. The van der Waals surface area contributed by atoms with Gasteiger partial charge < -0.3 is 10.5 Å². The van der Waals surface area contributed by atoms with Crippen molar-refractivity contribution < 1.29 is 4.74 Å². The van der Waals surface area contributed by atoms with Crippen LogP contribution in [0.25, 0.3) is 0 Å². The maximum Gasteiger partial charge on any atom is 0.0593 e. The van der Waals surface area contributed by atoms with E-state index >= 15 is 0 Å². The maximum atomic E-state index is 6.11. The summed E-state index contributed by atoms with van der Waals surface area (Å²) in [6.07, 6.45) is 2.52. The van der Waals surface area contributed by atoms with E-state index in [9.17, 15) is 0 Å². The van der Waals surface area contributed by atoms with Gasteiger partial charge in [-0.3, -0.25) is 4.90 Å². The molecule has 17 heavy (non-hydrogen) atoms. The quantitative estimate of drug-likeness (QED) is 0.710. The molecule has 0 radical (unpaired) electrons. The van der Waals surface area contributed by atoms with Crippen molar-refractivity contribution in [1.82, 2.24) is 4.90 Å². The smallest absolute Gasteiger partial charge is 0.0593 e. The predicted molar refractivity (Wildman–Crippen MR) is 76.7 cm³/mol. The van der Waals surface area contributed by atoms with Gasteiger partial charge in [-0.1, -0.05) is 13.8 Å². The second kappa shape index (κ2) is 7.62. The lowest BCUT2D eigenvalue weighted by Crippen LogP contribution is -2.61. The highest BCUT2D eigenvalue weighted by Gasteiger charge is 2.41. The number of likely N-dealkylation sites (N-methyl/N-ethyl adjacent to an activating group) is 1. The van der Waals surface area contributed by atoms with Crippen LogP contribution >= 0.6 is 11.8 Å². The predicted octanol–water partition coefficient (Wildman–Crippen LogP) is 1.96. The number of nitrogens with two attached hydrogens (primary N) is 1. The molecule has 2 N–H and O–H groups in total. The average Bonchev–Trinajstić information content (AvgIpc) is 2.36. The summed E-state index contributed by atoms with van der Waals surface area (Å²) in [7, 11) is 0. The van der Waals surface area contributed by atoms with Crippen LogP contribution in [0, 0.1) is 0 Å². The van der Waals surface area contributed by atoms with Gasteiger partial charge in [0.05, 0.1) is 6.61 Å². The summed E-state index contributed by atoms with van der Waals surface area (Å²) < 4.78 is 5.49. The van der Waals surface area contributed by atoms with Crippen molar-refractivity contribution in [3.05, 3.63) is 0 Å². The number of rotatable bonds is 7. The van der Waals surface area contributed by atoms with E-state index in [1.165, 1.54) is 18.6 Å². The van der Waals surface area contributed by atoms with E-state index in [0.717, 1.165) is 32.8 Å². The molecule has 0 aromatic heterocycles. The van der Waals surface area contributed by atoms with Crippen molar-refractivity contribution in [1.29, 1.82) is 0 Å². The Morgan fingerprint density at radius 2 is 2.24 bits per heavy atom. The summed E-state index contributed by atoms with van der Waals surface area (Å²) >= 11 is 2.07. The molecule has 3 nitrogen and oxygen atoms in total. The molecular formula is C13H28N2OS. The Kier molecular flexibility index (Phi) is 6.85. The minimum Gasteiger partial charge on any atom is -0.380 e. The highest BCUT2D eigenvalue weighted by molar-refractivity contribution is 8.00. The third kappa shape index (κ3) is 3.60. The normalized spacial score (nSPS) is 29.8. The van der Waals surface area contributed by atoms with Crippen LogP contribution in [0.3, 0.4) is 0 Å². The first-order valence-corrected chi connectivity index (χ1v) is 7.90. The van der Waals surface area contributed by atoms with Gasteiger partial charge >= 0.3 is 0 Å². The summed E-state index contributed by atoms with van der Waals surface area (Å²) in [5, 5.41) is 0.628. The zero-order valence-corrected chi connectivity index (χ0v) is 12.4. The van der Waals surface area contributed by atoms with E-state index < -0.39 is 0 Å². The Labute approximate surface area is 110 Å². The van der Waals surface area contributed by atoms with Gasteiger partial charge in [0.2, 0.25) is 0 Å². The molecule has 0 aromatic rings. The molecule has 1 rings (SSSR count). The maximum absolute atomic E-state index is 6.11. The van der Waals surface area contributed by atoms with E-state index in [4.69, 9.17) is 10.5 Å². The fourth-order valence-corrected chi connectivity index (χ4v) is 4.16. The van der Waals surface area contributed by atoms with Gasteiger partial charge in [-0.15, -0.1) is 0 Å². The number of nitrogens with zero attached hydrogens (tertiary/aromatic N) is 1. The van der Waals surface area contributed by atoms with Gasteiger partial charge in [0.15, 0.2) is 0 Å². The van der Waals surface area contributed by atoms with Crippen LogP contribution < -0.4 is 5.73 Å². The van der Waals surface area contributed by atoms with Crippen molar-refractivity contribution in [2.75, 3.05) is 38.6 Å². The molecule has 102 valence electrons. The topological polar surface area (TPSA) is 38.5 Å². The molecule has 4 heteroatoms. The third-order valence-corrected chi connectivity index (χ3v) is 5.42. The van der Waals surface area contributed by atoms with Crippen LogP contribution in [0.4, 0.5) is 0 Å². The summed E-state index contributed by atoms with van der Waals surface area (Å²) in [6.45, 7) is 11.1. The molecule has 1 heterocycles. The lowest BCUT2D eigenvalue weighted by Gasteiger charge is -2.49. The van der Waals surface area contributed by atoms with Crippen LogP contribution in [-0.4, -0.2) is 54.3 Å². The highest BCUT2D eigenvalue weighted by Crippen LogP contribution is 2.37. The molecule has 1 aliphatic rings. The summed E-state index contributed by atoms with van der Waals surface area (Å²) in [5.74, 6) is 1.28. The van der Waals surface area contributed by atoms with Crippen LogP contribution in [0.15, 0.2) is 0 Å². The van der Waals surface area contributed by atoms with Crippen molar-refractivity contribution in [3.63, 3.8) is 0 Å². The first kappa shape index (κ1) is 15.3. The molecule has 0 spiro atoms. The van der Waals surface area contributed by atoms with Gasteiger partial charge in [0.25, 0.3) is 0 Å². The largest absolute Gasteiger partial charge is 0.380 e. The molecule has 1 saturated heterocycles. The first-order chi connectivity index (χ1) is 8.21. The Balaban J connectivity index is 2.66. The Bertz CT molecular complexity index is 216. The number of thioether (sulfide) groups is 1. The SMILES string of the molecule is CCOCCN(CC)C1(CN)CCCSC1C. The first-order valence-electron chi connectivity index (χ1n) is 6.85. The molecule has 0 saturated carbocycles. The third-order valence-electron chi connectivity index (χ3n) is 3.95. The zero-order valence-electron chi connectivity index (χ0n) is 11.6. The lowest BCUT2D eigenvalue weighted by molar-refractivity contribution is 0.0452. The second-order valence-electron chi connectivity index (χ2n) is 4.70. The highest BCUT2D eigenvalue weighted by atomic mass is 32.2. The number of hydrogen-bond donors (Lipinski definition) is 1. The molecule has 2 unspecified atom stereocenters. The van der Waals surface area contributed by atoms with Gasteiger partial charge in [-0.2, -0.15) is 11.8 Å². The van der Waals surface area contributed by atoms with Crippen molar-refractivity contribution >= 4 is 11.8 Å². The molecule has 0 aromatic carbocycles. The van der Waals surface area contributed by atoms with Crippen molar-refractivity contribution in [2.24, 2.45) is 5.73 Å². The van der Waals surface area contributed by atoms with E-state index in [1.807, 2.05) is 6.92 Å². The van der Waals surface area contributed by atoms with E-state index in [1.54, 1.807) is 0 Å². The lowest BCUT2D eigenvalue weighted by atomic mass is 9.87.